The van der Waals surface area contributed by atoms with Gasteiger partial charge in [-0.1, -0.05) is 0 Å². The number of nitrogens with one attached hydrogen (secondary N) is 1. The van der Waals surface area contributed by atoms with E-state index in [1.165, 1.54) is 4.88 Å². The summed E-state index contributed by atoms with van der Waals surface area (Å²) in [7, 11) is 1.92. The van der Waals surface area contributed by atoms with Gasteiger partial charge in [0.1, 0.15) is 0 Å². The van der Waals surface area contributed by atoms with Gasteiger partial charge in [0.05, 0.1) is 0 Å². The fraction of sp³-hybridized carbons (Fsp3) is 0.400. The molecule has 0 aliphatic carbocycles. The van der Waals surface area contributed by atoms with Crippen LogP contribution in [0.5, 0.6) is 0 Å². The van der Waals surface area contributed by atoms with Crippen molar-refractivity contribution in [2.75, 3.05) is 7.05 Å². The average Bonchev–Trinajstić information content (AvgIpc) is 2.19. The van der Waals surface area contributed by atoms with Crippen LogP contribution in [0.4, 0.5) is 0 Å². The molecule has 8 heavy (non-hydrogen) atoms. The monoisotopic (exact) mass is 127 g/mol. The summed E-state index contributed by atoms with van der Waals surface area (Å²) < 4.78 is 0. The van der Waals surface area contributed by atoms with Gasteiger partial charge in [-0.2, -0.15) is 0 Å². The number of thiazole rings is 1. The molecule has 3 heteroatoms. The standard InChI is InChI=1S/C5H7N2S/c1-6-2-5-3-7-4-8-5/h3,6H,2H2,1H3. The molecule has 0 spiro atoms. The van der Waals surface area contributed by atoms with Gasteiger partial charge in [-0.05, 0) is 7.05 Å². The van der Waals surface area contributed by atoms with Gasteiger partial charge in [0.15, 0.2) is 5.51 Å². The summed E-state index contributed by atoms with van der Waals surface area (Å²) in [5.41, 5.74) is 2.77. The Labute approximate surface area is 52.6 Å². The van der Waals surface area contributed by atoms with Crippen molar-refractivity contribution in [2.45, 2.75) is 6.54 Å². The third-order valence-electron chi connectivity index (χ3n) is 0.789. The van der Waals surface area contributed by atoms with Crippen molar-refractivity contribution in [3.63, 3.8) is 0 Å². The zero-order valence-electron chi connectivity index (χ0n) is 4.64. The molecule has 43 valence electrons. The number of hydrogen-bond acceptors (Lipinski definition) is 3. The van der Waals surface area contributed by atoms with Crippen molar-refractivity contribution >= 4 is 11.3 Å². The first-order valence-electron chi connectivity index (χ1n) is 2.39. The minimum absolute atomic E-state index is 0.904. The van der Waals surface area contributed by atoms with Crippen LogP contribution in [0.15, 0.2) is 6.20 Å². The van der Waals surface area contributed by atoms with Crippen molar-refractivity contribution in [1.29, 1.82) is 0 Å². The lowest BCUT2D eigenvalue weighted by molar-refractivity contribution is 0.829. The van der Waals surface area contributed by atoms with Gasteiger partial charge in [0, 0.05) is 17.6 Å². The van der Waals surface area contributed by atoms with Crippen molar-refractivity contribution in [2.24, 2.45) is 0 Å². The topological polar surface area (TPSA) is 24.9 Å². The van der Waals surface area contributed by atoms with Crippen LogP contribution in [-0.2, 0) is 6.54 Å². The first-order valence-corrected chi connectivity index (χ1v) is 3.20. The van der Waals surface area contributed by atoms with E-state index < -0.39 is 0 Å². The molecule has 0 unspecified atom stereocenters. The fourth-order valence-electron chi connectivity index (χ4n) is 0.466. The zero-order chi connectivity index (χ0) is 5.82. The second-order valence-corrected chi connectivity index (χ2v) is 2.36. The summed E-state index contributed by atoms with van der Waals surface area (Å²) in [5, 5.41) is 3.02. The fourth-order valence-corrected chi connectivity index (χ4v) is 1.01. The van der Waals surface area contributed by atoms with E-state index in [1.54, 1.807) is 11.3 Å². The average molecular weight is 127 g/mol. The SMILES string of the molecule is CNCc1cn[c]s1. The zero-order valence-corrected chi connectivity index (χ0v) is 5.46. The van der Waals surface area contributed by atoms with Crippen LogP contribution in [-0.4, -0.2) is 12.0 Å². The molecule has 0 fully saturated rings. The molecule has 1 heterocycles. The van der Waals surface area contributed by atoms with Crippen LogP contribution < -0.4 is 5.32 Å². The second-order valence-electron chi connectivity index (χ2n) is 1.45. The van der Waals surface area contributed by atoms with E-state index in [2.05, 4.69) is 15.8 Å². The largest absolute Gasteiger partial charge is 0.315 e. The van der Waals surface area contributed by atoms with E-state index in [0.29, 0.717) is 0 Å². The van der Waals surface area contributed by atoms with Crippen molar-refractivity contribution < 1.29 is 0 Å². The van der Waals surface area contributed by atoms with E-state index in [0.717, 1.165) is 6.54 Å². The maximum absolute atomic E-state index is 3.79. The minimum atomic E-state index is 0.904. The van der Waals surface area contributed by atoms with Crippen LogP contribution in [0, 0.1) is 5.51 Å². The van der Waals surface area contributed by atoms with E-state index >= 15 is 0 Å². The van der Waals surface area contributed by atoms with Gasteiger partial charge in [0.25, 0.3) is 0 Å². The van der Waals surface area contributed by atoms with Gasteiger partial charge < -0.3 is 5.32 Å². The quantitative estimate of drug-likeness (QED) is 0.631. The lowest BCUT2D eigenvalue weighted by Gasteiger charge is -1.88. The van der Waals surface area contributed by atoms with Crippen molar-refractivity contribution in [1.82, 2.24) is 10.3 Å². The number of nitrogens with zero attached hydrogens (tertiary/aromatic N) is 1. The van der Waals surface area contributed by atoms with Crippen LogP contribution in [0.3, 0.4) is 0 Å². The van der Waals surface area contributed by atoms with Crippen LogP contribution in [0.25, 0.3) is 0 Å². The molecule has 1 aromatic rings. The molecule has 1 rings (SSSR count). The highest BCUT2D eigenvalue weighted by Gasteiger charge is 1.88. The Morgan fingerprint density at radius 3 is 3.38 bits per heavy atom. The van der Waals surface area contributed by atoms with Crippen LogP contribution >= 0.6 is 11.3 Å². The second kappa shape index (κ2) is 2.79. The van der Waals surface area contributed by atoms with E-state index in [-0.39, 0.29) is 0 Å². The molecular formula is C5H7N2S. The van der Waals surface area contributed by atoms with Crippen molar-refractivity contribution in [3.05, 3.63) is 16.6 Å². The minimum Gasteiger partial charge on any atom is -0.315 e. The predicted molar refractivity (Wildman–Crippen MR) is 33.7 cm³/mol. The molecule has 0 bridgehead atoms. The van der Waals surface area contributed by atoms with Gasteiger partial charge in [0.2, 0.25) is 0 Å². The third-order valence-corrected chi connectivity index (χ3v) is 1.50. The molecule has 0 atom stereocenters. The summed E-state index contributed by atoms with van der Waals surface area (Å²) >= 11 is 1.55. The maximum Gasteiger partial charge on any atom is 0.152 e. The van der Waals surface area contributed by atoms with E-state index in [1.807, 2.05) is 13.2 Å². The third kappa shape index (κ3) is 1.28. The number of aromatic nitrogens is 1. The van der Waals surface area contributed by atoms with Gasteiger partial charge in [-0.3, -0.25) is 0 Å². The molecule has 0 aliphatic heterocycles. The highest BCUT2D eigenvalue weighted by Crippen LogP contribution is 2.02. The van der Waals surface area contributed by atoms with Gasteiger partial charge in [-0.25, -0.2) is 4.98 Å². The Kier molecular flexibility index (Phi) is 2.00. The number of rotatable bonds is 2. The van der Waals surface area contributed by atoms with Crippen LogP contribution in [0.2, 0.25) is 0 Å². The molecular weight excluding hydrogens is 120 g/mol. The summed E-state index contributed by atoms with van der Waals surface area (Å²) in [6, 6.07) is 0. The summed E-state index contributed by atoms with van der Waals surface area (Å²) in [5.74, 6) is 0. The first-order chi connectivity index (χ1) is 3.93. The molecule has 2 nitrogen and oxygen atoms in total. The smallest absolute Gasteiger partial charge is 0.152 e. The molecule has 1 radical (unpaired) electrons. The Morgan fingerprint density at radius 1 is 2.00 bits per heavy atom. The van der Waals surface area contributed by atoms with Gasteiger partial charge in [-0.15, -0.1) is 11.3 Å². The predicted octanol–water partition coefficient (Wildman–Crippen LogP) is 0.663. The highest BCUT2D eigenvalue weighted by molar-refractivity contribution is 7.09. The van der Waals surface area contributed by atoms with Gasteiger partial charge >= 0.3 is 0 Å². The van der Waals surface area contributed by atoms with Crippen molar-refractivity contribution in [3.8, 4) is 0 Å². The lowest BCUT2D eigenvalue weighted by atomic mass is 10.5. The summed E-state index contributed by atoms with van der Waals surface area (Å²) in [6.45, 7) is 0.904. The molecule has 0 aromatic carbocycles. The Bertz CT molecular complexity index is 136. The summed E-state index contributed by atoms with van der Waals surface area (Å²) in [4.78, 5) is 5.02. The maximum atomic E-state index is 3.79. The Morgan fingerprint density at radius 2 is 2.88 bits per heavy atom. The molecule has 0 saturated carbocycles. The van der Waals surface area contributed by atoms with E-state index in [4.69, 9.17) is 0 Å². The molecule has 0 aliphatic rings. The molecule has 0 amide bonds. The Hall–Kier alpha value is -0.410. The molecule has 0 saturated heterocycles. The summed E-state index contributed by atoms with van der Waals surface area (Å²) in [6.07, 6.45) is 1.82. The first kappa shape index (κ1) is 5.72. The van der Waals surface area contributed by atoms with E-state index in [9.17, 15) is 0 Å². The normalized spacial score (nSPS) is 9.62. The van der Waals surface area contributed by atoms with Crippen LogP contribution in [0.1, 0.15) is 4.88 Å². The highest BCUT2D eigenvalue weighted by atomic mass is 32.1. The lowest BCUT2D eigenvalue weighted by Crippen LogP contribution is -2.02. The molecule has 1 aromatic heterocycles. The Balaban J connectivity index is 2.50. The molecule has 1 N–H and O–H groups in total. The number of hydrogen-bond donors (Lipinski definition) is 1.